The number of amides is 1. The van der Waals surface area contributed by atoms with E-state index in [-0.39, 0.29) is 18.2 Å². The molecule has 0 N–H and O–H groups in total. The maximum Gasteiger partial charge on any atom is 0.416 e. The van der Waals surface area contributed by atoms with Crippen LogP contribution < -0.4 is 4.74 Å². The summed E-state index contributed by atoms with van der Waals surface area (Å²) in [5.41, 5.74) is 1.94. The summed E-state index contributed by atoms with van der Waals surface area (Å²) in [7, 11) is 1.34. The molecule has 1 aromatic heterocycles. The molecule has 0 aliphatic carbocycles. The number of hydrogen-bond acceptors (Lipinski definition) is 3. The van der Waals surface area contributed by atoms with E-state index in [1.54, 1.807) is 23.0 Å². The monoisotopic (exact) mass is 403 g/mol. The summed E-state index contributed by atoms with van der Waals surface area (Å²) in [5.74, 6) is 0.207. The van der Waals surface area contributed by atoms with Crippen molar-refractivity contribution in [3.8, 4) is 16.9 Å². The number of imidazole rings is 1. The molecule has 2 heterocycles. The van der Waals surface area contributed by atoms with E-state index in [9.17, 15) is 18.0 Å². The number of hydrogen-bond donors (Lipinski definition) is 0. The van der Waals surface area contributed by atoms with Crippen LogP contribution in [-0.4, -0.2) is 40.6 Å². The van der Waals surface area contributed by atoms with Crippen LogP contribution in [0.25, 0.3) is 22.2 Å². The molecule has 0 radical (unpaired) electrons. The molecule has 2 aromatic carbocycles. The lowest BCUT2D eigenvalue weighted by Gasteiger charge is -2.15. The van der Waals surface area contributed by atoms with Crippen molar-refractivity contribution < 1.29 is 22.7 Å². The number of ether oxygens (including phenoxy) is 1. The molecular formula is C21H20F3N3O2. The topological polar surface area (TPSA) is 47.4 Å². The van der Waals surface area contributed by atoms with Gasteiger partial charge in [-0.15, -0.1) is 0 Å². The van der Waals surface area contributed by atoms with E-state index in [1.165, 1.54) is 13.2 Å². The summed E-state index contributed by atoms with van der Waals surface area (Å²) in [6.07, 6.45) is -0.744. The van der Waals surface area contributed by atoms with Crippen LogP contribution in [0.5, 0.6) is 5.75 Å². The number of alkyl halides is 3. The third-order valence-electron chi connectivity index (χ3n) is 5.23. The van der Waals surface area contributed by atoms with E-state index in [0.29, 0.717) is 16.6 Å². The van der Waals surface area contributed by atoms with Crippen molar-refractivity contribution in [2.75, 3.05) is 20.2 Å². The minimum Gasteiger partial charge on any atom is -0.496 e. The predicted octanol–water partition coefficient (Wildman–Crippen LogP) is 4.35. The van der Waals surface area contributed by atoms with Gasteiger partial charge >= 0.3 is 6.18 Å². The number of carbonyl (C=O) groups is 1. The lowest BCUT2D eigenvalue weighted by molar-refractivity contribution is -0.137. The third kappa shape index (κ3) is 3.79. The molecule has 0 atom stereocenters. The fourth-order valence-electron chi connectivity index (χ4n) is 3.68. The number of rotatable bonds is 4. The number of benzene rings is 2. The average molecular weight is 403 g/mol. The van der Waals surface area contributed by atoms with Crippen molar-refractivity contribution in [2.45, 2.75) is 25.6 Å². The fourth-order valence-corrected chi connectivity index (χ4v) is 3.68. The van der Waals surface area contributed by atoms with Crippen molar-refractivity contribution in [1.29, 1.82) is 0 Å². The normalized spacial score (nSPS) is 14.6. The van der Waals surface area contributed by atoms with Gasteiger partial charge in [-0.1, -0.05) is 12.1 Å². The highest BCUT2D eigenvalue weighted by atomic mass is 19.4. The Morgan fingerprint density at radius 3 is 2.59 bits per heavy atom. The minimum atomic E-state index is -4.43. The molecular weight excluding hydrogens is 383 g/mol. The Morgan fingerprint density at radius 1 is 1.14 bits per heavy atom. The van der Waals surface area contributed by atoms with E-state index in [0.717, 1.165) is 43.6 Å². The van der Waals surface area contributed by atoms with Gasteiger partial charge in [0.05, 0.1) is 30.0 Å². The first-order chi connectivity index (χ1) is 13.9. The van der Waals surface area contributed by atoms with E-state index in [4.69, 9.17) is 4.74 Å². The van der Waals surface area contributed by atoms with Gasteiger partial charge in [-0.2, -0.15) is 13.2 Å². The van der Waals surface area contributed by atoms with Crippen LogP contribution in [0.1, 0.15) is 18.4 Å². The SMILES string of the molecule is COc1cc(C(F)(F)F)ccc1-c1ccc2c(c1)ncn2CC(=O)N1CCCC1. The first kappa shape index (κ1) is 19.3. The zero-order chi connectivity index (χ0) is 20.6. The number of methoxy groups -OCH3 is 1. The Balaban J connectivity index is 1.64. The minimum absolute atomic E-state index is 0.0651. The third-order valence-corrected chi connectivity index (χ3v) is 5.23. The smallest absolute Gasteiger partial charge is 0.416 e. The van der Waals surface area contributed by atoms with Gasteiger partial charge in [0, 0.05) is 18.7 Å². The van der Waals surface area contributed by atoms with Crippen LogP contribution >= 0.6 is 0 Å². The lowest BCUT2D eigenvalue weighted by Crippen LogP contribution is -2.30. The fraction of sp³-hybridized carbons (Fsp3) is 0.333. The summed E-state index contributed by atoms with van der Waals surface area (Å²) >= 11 is 0. The van der Waals surface area contributed by atoms with E-state index in [1.807, 2.05) is 11.0 Å². The molecule has 5 nitrogen and oxygen atoms in total. The summed E-state index contributed by atoms with van der Waals surface area (Å²) in [5, 5.41) is 0. The summed E-state index contributed by atoms with van der Waals surface area (Å²) < 4.78 is 45.9. The highest BCUT2D eigenvalue weighted by molar-refractivity contribution is 5.85. The highest BCUT2D eigenvalue weighted by Gasteiger charge is 2.31. The van der Waals surface area contributed by atoms with E-state index >= 15 is 0 Å². The summed E-state index contributed by atoms with van der Waals surface area (Å²) in [6, 6.07) is 8.84. The van der Waals surface area contributed by atoms with Gasteiger partial charge in [0.2, 0.25) is 5.91 Å². The quantitative estimate of drug-likeness (QED) is 0.651. The van der Waals surface area contributed by atoms with Crippen molar-refractivity contribution in [3.63, 3.8) is 0 Å². The van der Waals surface area contributed by atoms with Crippen molar-refractivity contribution in [1.82, 2.24) is 14.5 Å². The molecule has 3 aromatic rings. The van der Waals surface area contributed by atoms with Crippen molar-refractivity contribution in [2.24, 2.45) is 0 Å². The van der Waals surface area contributed by atoms with Crippen LogP contribution in [0.4, 0.5) is 13.2 Å². The number of halogens is 3. The largest absolute Gasteiger partial charge is 0.496 e. The Kier molecular flexibility index (Phi) is 4.94. The van der Waals surface area contributed by atoms with E-state index in [2.05, 4.69) is 4.98 Å². The van der Waals surface area contributed by atoms with Gasteiger partial charge in [0.15, 0.2) is 0 Å². The van der Waals surface area contributed by atoms with Crippen molar-refractivity contribution >= 4 is 16.9 Å². The van der Waals surface area contributed by atoms with Crippen LogP contribution in [0.3, 0.4) is 0 Å². The Morgan fingerprint density at radius 2 is 1.90 bits per heavy atom. The van der Waals surface area contributed by atoms with Crippen LogP contribution in [-0.2, 0) is 17.5 Å². The Bertz CT molecular complexity index is 1050. The summed E-state index contributed by atoms with van der Waals surface area (Å²) in [4.78, 5) is 18.6. The standard InChI is InChI=1S/C21H20F3N3O2/c1-29-19-11-15(21(22,23)24)5-6-16(19)14-4-7-18-17(10-14)25-13-27(18)12-20(28)26-8-2-3-9-26/h4-7,10-11,13H,2-3,8-9,12H2,1H3. The average Bonchev–Trinajstić information content (AvgIpc) is 3.37. The zero-order valence-corrected chi connectivity index (χ0v) is 15.9. The van der Waals surface area contributed by atoms with Crippen LogP contribution in [0.2, 0.25) is 0 Å². The maximum absolute atomic E-state index is 13.0. The highest BCUT2D eigenvalue weighted by Crippen LogP contribution is 2.37. The molecule has 1 amide bonds. The Hall–Kier alpha value is -3.03. The predicted molar refractivity (Wildman–Crippen MR) is 103 cm³/mol. The van der Waals surface area contributed by atoms with Gasteiger partial charge in [0.25, 0.3) is 0 Å². The second-order valence-electron chi connectivity index (χ2n) is 7.08. The molecule has 8 heteroatoms. The lowest BCUT2D eigenvalue weighted by atomic mass is 10.0. The molecule has 0 unspecified atom stereocenters. The Labute approximate surface area is 165 Å². The van der Waals surface area contributed by atoms with Gasteiger partial charge in [-0.25, -0.2) is 4.98 Å². The molecule has 1 aliphatic heterocycles. The second kappa shape index (κ2) is 7.42. The van der Waals surface area contributed by atoms with E-state index < -0.39 is 11.7 Å². The molecule has 0 spiro atoms. The number of fused-ring (bicyclic) bond motifs is 1. The van der Waals surface area contributed by atoms with Crippen LogP contribution in [0.15, 0.2) is 42.7 Å². The second-order valence-corrected chi connectivity index (χ2v) is 7.08. The zero-order valence-electron chi connectivity index (χ0n) is 15.9. The van der Waals surface area contributed by atoms with Gasteiger partial charge < -0.3 is 14.2 Å². The molecule has 152 valence electrons. The molecule has 1 saturated heterocycles. The molecule has 1 aliphatic rings. The molecule has 1 fully saturated rings. The van der Waals surface area contributed by atoms with Gasteiger partial charge in [-0.05, 0) is 42.7 Å². The number of nitrogens with zero attached hydrogens (tertiary/aromatic N) is 3. The molecule has 29 heavy (non-hydrogen) atoms. The first-order valence-electron chi connectivity index (χ1n) is 9.35. The summed E-state index contributed by atoms with van der Waals surface area (Å²) in [6.45, 7) is 1.81. The number of likely N-dealkylation sites (tertiary alicyclic amines) is 1. The number of aromatic nitrogens is 2. The molecule has 0 saturated carbocycles. The van der Waals surface area contributed by atoms with Crippen molar-refractivity contribution in [3.05, 3.63) is 48.3 Å². The van der Waals surface area contributed by atoms with Gasteiger partial charge in [-0.3, -0.25) is 4.79 Å². The molecule has 0 bridgehead atoms. The van der Waals surface area contributed by atoms with Gasteiger partial charge in [0.1, 0.15) is 12.3 Å². The maximum atomic E-state index is 13.0. The first-order valence-corrected chi connectivity index (χ1v) is 9.35. The van der Waals surface area contributed by atoms with Crippen LogP contribution in [0, 0.1) is 0 Å². The number of carbonyl (C=O) groups excluding carboxylic acids is 1. The molecule has 4 rings (SSSR count).